The van der Waals surface area contributed by atoms with Crippen LogP contribution in [0.2, 0.25) is 0 Å². The summed E-state index contributed by atoms with van der Waals surface area (Å²) in [4.78, 5) is 41.8. The SMILES string of the molecule is CC(C)c1nc(-c2ccc(F)cc2)c(-c2cccc(N(C)C(=O)OC(C)(C)C)c2)n1C=CC(O)CC(=O)CC(=O)O. The normalized spacial score (nSPS) is 12.5. The summed E-state index contributed by atoms with van der Waals surface area (Å²) in [6.45, 7) is 9.25. The second kappa shape index (κ2) is 12.9. The fourth-order valence-electron chi connectivity index (χ4n) is 4.12. The molecular formula is C31H36FN3O6. The highest BCUT2D eigenvalue weighted by molar-refractivity contribution is 5.95. The van der Waals surface area contributed by atoms with E-state index >= 15 is 0 Å². The van der Waals surface area contributed by atoms with Crippen molar-refractivity contribution >= 4 is 29.7 Å². The molecule has 1 aromatic heterocycles. The van der Waals surface area contributed by atoms with E-state index in [-0.39, 0.29) is 12.3 Å². The van der Waals surface area contributed by atoms with E-state index in [2.05, 4.69) is 0 Å². The lowest BCUT2D eigenvalue weighted by molar-refractivity contribution is -0.140. The van der Waals surface area contributed by atoms with Crippen LogP contribution in [0.3, 0.4) is 0 Å². The maximum absolute atomic E-state index is 13.8. The number of aliphatic hydroxyl groups is 1. The fraction of sp³-hybridized carbons (Fsp3) is 0.355. The number of imidazole rings is 1. The summed E-state index contributed by atoms with van der Waals surface area (Å²) < 4.78 is 21.1. The van der Waals surface area contributed by atoms with Crippen molar-refractivity contribution < 1.29 is 33.7 Å². The van der Waals surface area contributed by atoms with Gasteiger partial charge in [0.1, 0.15) is 29.4 Å². The maximum atomic E-state index is 13.8. The molecule has 1 atom stereocenters. The first-order chi connectivity index (χ1) is 19.2. The Morgan fingerprint density at radius 2 is 1.76 bits per heavy atom. The molecule has 0 aliphatic carbocycles. The molecule has 10 heteroatoms. The van der Waals surface area contributed by atoms with E-state index in [9.17, 15) is 23.9 Å². The number of rotatable bonds is 10. The Morgan fingerprint density at radius 3 is 2.34 bits per heavy atom. The average molecular weight is 566 g/mol. The van der Waals surface area contributed by atoms with E-state index in [1.54, 1.807) is 68.9 Å². The lowest BCUT2D eigenvalue weighted by Crippen LogP contribution is -2.34. The predicted molar refractivity (Wildman–Crippen MR) is 155 cm³/mol. The molecule has 0 fully saturated rings. The van der Waals surface area contributed by atoms with E-state index in [0.717, 1.165) is 0 Å². The summed E-state index contributed by atoms with van der Waals surface area (Å²) in [5, 5.41) is 19.3. The average Bonchev–Trinajstić information content (AvgIpc) is 3.26. The van der Waals surface area contributed by atoms with Gasteiger partial charge in [-0.3, -0.25) is 14.5 Å². The number of carbonyl (C=O) groups excluding carboxylic acids is 2. The number of halogens is 1. The van der Waals surface area contributed by atoms with Gasteiger partial charge in [0.15, 0.2) is 0 Å². The number of carboxylic acid groups (broad SMARTS) is 1. The molecular weight excluding hydrogens is 529 g/mol. The number of hydrogen-bond donors (Lipinski definition) is 2. The van der Waals surface area contributed by atoms with Crippen molar-refractivity contribution in [3.8, 4) is 22.5 Å². The number of hydrogen-bond acceptors (Lipinski definition) is 6. The van der Waals surface area contributed by atoms with Gasteiger partial charge in [0, 0.05) is 42.4 Å². The molecule has 1 amide bonds. The number of aromatic nitrogens is 2. The molecule has 0 aliphatic heterocycles. The molecule has 0 saturated carbocycles. The first-order valence-corrected chi connectivity index (χ1v) is 13.2. The van der Waals surface area contributed by atoms with Crippen molar-refractivity contribution in [2.24, 2.45) is 0 Å². The van der Waals surface area contributed by atoms with Gasteiger partial charge in [-0.25, -0.2) is 14.2 Å². The number of benzene rings is 2. The minimum absolute atomic E-state index is 0.0778. The van der Waals surface area contributed by atoms with Crippen molar-refractivity contribution in [1.29, 1.82) is 0 Å². The molecule has 218 valence electrons. The molecule has 0 saturated heterocycles. The van der Waals surface area contributed by atoms with Crippen LogP contribution in [0.25, 0.3) is 28.7 Å². The second-order valence-electron chi connectivity index (χ2n) is 11.0. The van der Waals surface area contributed by atoms with Crippen LogP contribution in [0, 0.1) is 5.82 Å². The van der Waals surface area contributed by atoms with Crippen molar-refractivity contribution in [3.05, 3.63) is 66.2 Å². The largest absolute Gasteiger partial charge is 0.481 e. The third-order valence-electron chi connectivity index (χ3n) is 5.99. The number of ketones is 1. The molecule has 0 radical (unpaired) electrons. The fourth-order valence-corrected chi connectivity index (χ4v) is 4.12. The zero-order valence-corrected chi connectivity index (χ0v) is 24.1. The number of aliphatic carboxylic acids is 1. The van der Waals surface area contributed by atoms with Gasteiger partial charge in [0.2, 0.25) is 0 Å². The maximum Gasteiger partial charge on any atom is 0.414 e. The smallest absolute Gasteiger partial charge is 0.414 e. The Balaban J connectivity index is 2.16. The Bertz CT molecular complexity index is 1440. The highest BCUT2D eigenvalue weighted by Gasteiger charge is 2.24. The Kier molecular flexibility index (Phi) is 9.83. The monoisotopic (exact) mass is 565 g/mol. The van der Waals surface area contributed by atoms with Crippen LogP contribution in [0.1, 0.15) is 59.2 Å². The topological polar surface area (TPSA) is 122 Å². The Hall–Kier alpha value is -4.31. The molecule has 1 heterocycles. The van der Waals surface area contributed by atoms with Gasteiger partial charge in [-0.2, -0.15) is 0 Å². The first kappa shape index (κ1) is 31.2. The lowest BCUT2D eigenvalue weighted by atomic mass is 10.0. The number of ether oxygens (including phenoxy) is 1. The number of anilines is 1. The molecule has 3 aromatic rings. The lowest BCUT2D eigenvalue weighted by Gasteiger charge is -2.25. The van der Waals surface area contributed by atoms with Gasteiger partial charge in [0.25, 0.3) is 0 Å². The number of amides is 1. The molecule has 0 aliphatic rings. The molecule has 2 aromatic carbocycles. The number of nitrogens with zero attached hydrogens (tertiary/aromatic N) is 3. The molecule has 1 unspecified atom stereocenters. The van der Waals surface area contributed by atoms with E-state index < -0.39 is 41.8 Å². The van der Waals surface area contributed by atoms with E-state index in [4.69, 9.17) is 14.8 Å². The summed E-state index contributed by atoms with van der Waals surface area (Å²) in [7, 11) is 1.61. The summed E-state index contributed by atoms with van der Waals surface area (Å²) in [5.74, 6) is -1.70. The Labute approximate surface area is 238 Å². The van der Waals surface area contributed by atoms with Crippen molar-refractivity contribution in [2.45, 2.75) is 65.1 Å². The van der Waals surface area contributed by atoms with Gasteiger partial charge >= 0.3 is 12.1 Å². The summed E-state index contributed by atoms with van der Waals surface area (Å²) in [6, 6.07) is 13.1. The van der Waals surface area contributed by atoms with Gasteiger partial charge in [-0.15, -0.1) is 0 Å². The number of aliphatic hydroxyl groups excluding tert-OH is 1. The van der Waals surface area contributed by atoms with Gasteiger partial charge in [0.05, 0.1) is 17.5 Å². The molecule has 41 heavy (non-hydrogen) atoms. The summed E-state index contributed by atoms with van der Waals surface area (Å²) >= 11 is 0. The highest BCUT2D eigenvalue weighted by Crippen LogP contribution is 2.37. The van der Waals surface area contributed by atoms with Crippen LogP contribution < -0.4 is 4.90 Å². The molecule has 2 N–H and O–H groups in total. The van der Waals surface area contributed by atoms with Crippen LogP contribution in [0.4, 0.5) is 14.9 Å². The molecule has 3 rings (SSSR count). The molecule has 0 bridgehead atoms. The van der Waals surface area contributed by atoms with Crippen LogP contribution in [-0.4, -0.2) is 56.4 Å². The number of Topliss-reactive ketones (excluding diaryl/α,β-unsaturated/α-hetero) is 1. The van der Waals surface area contributed by atoms with Gasteiger partial charge in [-0.05, 0) is 63.2 Å². The van der Waals surface area contributed by atoms with E-state index in [1.165, 1.54) is 23.1 Å². The zero-order valence-electron chi connectivity index (χ0n) is 24.1. The van der Waals surface area contributed by atoms with Gasteiger partial charge < -0.3 is 19.5 Å². The zero-order chi connectivity index (χ0) is 30.5. The highest BCUT2D eigenvalue weighted by atomic mass is 19.1. The van der Waals surface area contributed by atoms with Crippen molar-refractivity contribution in [2.75, 3.05) is 11.9 Å². The minimum Gasteiger partial charge on any atom is -0.481 e. The third-order valence-corrected chi connectivity index (χ3v) is 5.99. The molecule has 0 spiro atoms. The van der Waals surface area contributed by atoms with Crippen LogP contribution >= 0.6 is 0 Å². The standard InChI is InChI=1S/C31H36FN3O6/c1-19(2)29-33-27(20-10-12-22(32)13-11-20)28(35(29)15-14-24(36)17-25(37)18-26(38)39)21-8-7-9-23(16-21)34(6)30(40)41-31(3,4)5/h7-16,19,24,36H,17-18H2,1-6H3,(H,38,39). The molecule has 9 nitrogen and oxygen atoms in total. The van der Waals surface area contributed by atoms with E-state index in [0.29, 0.717) is 34.0 Å². The van der Waals surface area contributed by atoms with Gasteiger partial charge in [-0.1, -0.05) is 26.0 Å². The quantitative estimate of drug-likeness (QED) is 0.284. The number of carbonyl (C=O) groups is 3. The summed E-state index contributed by atoms with van der Waals surface area (Å²) in [6.07, 6.45) is 0.209. The number of carboxylic acids is 1. The second-order valence-corrected chi connectivity index (χ2v) is 11.0. The minimum atomic E-state index is -1.26. The van der Waals surface area contributed by atoms with Crippen molar-refractivity contribution in [3.63, 3.8) is 0 Å². The van der Waals surface area contributed by atoms with E-state index in [1.807, 2.05) is 19.9 Å². The third kappa shape index (κ3) is 8.34. The summed E-state index contributed by atoms with van der Waals surface area (Å²) in [5.41, 5.74) is 2.37. The van der Waals surface area contributed by atoms with Crippen LogP contribution in [-0.2, 0) is 14.3 Å². The van der Waals surface area contributed by atoms with Crippen LogP contribution in [0.15, 0.2) is 54.6 Å². The first-order valence-electron chi connectivity index (χ1n) is 13.2. The van der Waals surface area contributed by atoms with Crippen LogP contribution in [0.5, 0.6) is 0 Å². The van der Waals surface area contributed by atoms with Crippen molar-refractivity contribution in [1.82, 2.24) is 9.55 Å². The predicted octanol–water partition coefficient (Wildman–Crippen LogP) is 6.12. The Morgan fingerprint density at radius 1 is 1.10 bits per heavy atom.